The summed E-state index contributed by atoms with van der Waals surface area (Å²) in [7, 11) is 0. The summed E-state index contributed by atoms with van der Waals surface area (Å²) < 4.78 is 8.92. The van der Waals surface area contributed by atoms with Gasteiger partial charge in [-0.25, -0.2) is 0 Å². The SMILES string of the molecule is CCC1=Cc2c(-c3ccc(C(C)C)cc3)cccc2[CH]1[Hf-2]1([CH]2C(CC)=Cc3c(-c4ccc(C(C)C)cc4)cccc32)[CH2]C[CH2]1.CCCc1ccc(-c2cccc3c2C=C(CC)[CH]3[Hf-2]2([CH]3C(CC)=Cc4c(-c5ccc(CCC)cc5)cccc43)[CH2]C[CH2]2)cc1.[Cl-].[Cl-].[Cl-].[Cl-]. The first-order valence-corrected chi connectivity index (χ1v) is 53.2. The summed E-state index contributed by atoms with van der Waals surface area (Å²) in [6, 6.07) is 66.8. The van der Waals surface area contributed by atoms with Crippen LogP contribution in [0.2, 0.25) is 16.7 Å². The van der Waals surface area contributed by atoms with Crippen LogP contribution in [0.4, 0.5) is 0 Å². The van der Waals surface area contributed by atoms with E-state index in [0.29, 0.717) is 26.5 Å². The number of allylic oxidation sites excluding steroid dienone is 4. The van der Waals surface area contributed by atoms with Gasteiger partial charge < -0.3 is 49.6 Å². The molecule has 0 bridgehead atoms. The molecule has 2 heterocycles. The number of benzene rings is 8. The van der Waals surface area contributed by atoms with Crippen molar-refractivity contribution >= 4 is 24.3 Å². The molecule has 14 rings (SSSR count). The van der Waals surface area contributed by atoms with Gasteiger partial charge in [-0.15, -0.1) is 0 Å². The van der Waals surface area contributed by atoms with Crippen LogP contribution < -0.4 is 49.6 Å². The van der Waals surface area contributed by atoms with Crippen molar-refractivity contribution in [2.45, 2.75) is 177 Å². The molecule has 0 radical (unpaired) electrons. The fourth-order valence-electron chi connectivity index (χ4n) is 17.8. The molecule has 2 fully saturated rings. The number of hydrogen-bond acceptors (Lipinski definition) is 0. The molecular weight excluding hydrogens is 1530 g/mol. The van der Waals surface area contributed by atoms with Gasteiger partial charge in [0.05, 0.1) is 0 Å². The Kier molecular flexibility index (Phi) is 24.1. The zero-order valence-corrected chi connectivity index (χ0v) is 66.6. The van der Waals surface area contributed by atoms with Gasteiger partial charge in [0.1, 0.15) is 0 Å². The van der Waals surface area contributed by atoms with Crippen LogP contribution in [0.3, 0.4) is 0 Å². The Hall–Kier alpha value is -4.38. The van der Waals surface area contributed by atoms with Gasteiger partial charge in [0.15, 0.2) is 0 Å². The van der Waals surface area contributed by atoms with E-state index in [0.717, 1.165) is 12.8 Å². The Labute approximate surface area is 588 Å². The van der Waals surface area contributed by atoms with Crippen LogP contribution >= 0.6 is 0 Å². The van der Waals surface area contributed by atoms with Crippen molar-refractivity contribution in [2.24, 2.45) is 0 Å². The van der Waals surface area contributed by atoms with Crippen LogP contribution in [0, 0.1) is 0 Å². The molecule has 484 valence electrons. The van der Waals surface area contributed by atoms with E-state index in [1.54, 1.807) is 44.5 Å². The maximum absolute atomic E-state index is 2.99. The third-order valence-electron chi connectivity index (χ3n) is 22.5. The molecular formula is C86H96Cl4Hf2-8. The second kappa shape index (κ2) is 30.8. The molecule has 4 unspecified atom stereocenters. The molecule has 0 saturated carbocycles. The van der Waals surface area contributed by atoms with Crippen molar-refractivity contribution in [1.29, 1.82) is 0 Å². The van der Waals surface area contributed by atoms with E-state index in [1.165, 1.54) is 157 Å². The predicted molar refractivity (Wildman–Crippen MR) is 376 cm³/mol. The average Bonchev–Trinajstić information content (AvgIpc) is 1.28. The number of hydrogen-bond donors (Lipinski definition) is 0. The number of aryl methyl sites for hydroxylation is 2. The third-order valence-corrected chi connectivity index (χ3v) is 67.3. The summed E-state index contributed by atoms with van der Waals surface area (Å²) in [4.78, 5) is 0. The topological polar surface area (TPSA) is 0 Å². The minimum atomic E-state index is -2.99. The number of rotatable bonds is 18. The summed E-state index contributed by atoms with van der Waals surface area (Å²) in [6.45, 7) is 23.4. The Balaban J connectivity index is 0.000000208. The third kappa shape index (κ3) is 12.9. The standard InChI is InChI=1S/4C20H21.2C3H6.4ClH.2Hf/c2*1-4-15-12-18-6-5-7-19(20(18)13-15)17-10-8-16(9-11-17)14(2)3;2*1-3-6-16-9-11-17(12-10-16)19-8-5-7-18-13-15(4-2)14-20(18)19;2*1-3-2;;;;;;/h2*5-14H,4H2,1-3H3;2*5,7-14H,3-4,6H2,1-2H3;2*1-3H2;4*1H;;/q;;;;;;;;;;2*-2/p-4. The van der Waals surface area contributed by atoms with Gasteiger partial charge >= 0.3 is 544 Å². The number of fused-ring (bicyclic) bond motifs is 4. The van der Waals surface area contributed by atoms with Gasteiger partial charge in [-0.3, -0.25) is 0 Å². The minimum Gasteiger partial charge on any atom is -1.00 e. The first-order valence-electron chi connectivity index (χ1n) is 34.7. The summed E-state index contributed by atoms with van der Waals surface area (Å²) >= 11 is -5.97. The van der Waals surface area contributed by atoms with Gasteiger partial charge in [-0.2, -0.15) is 0 Å². The van der Waals surface area contributed by atoms with Crippen LogP contribution in [0.25, 0.3) is 68.8 Å². The largest absolute Gasteiger partial charge is 1.00 e. The maximum Gasteiger partial charge on any atom is -1.00 e. The fourth-order valence-corrected chi connectivity index (χ4v) is 64.2. The molecule has 0 aromatic heterocycles. The summed E-state index contributed by atoms with van der Waals surface area (Å²) in [5, 5.41) is 0. The van der Waals surface area contributed by atoms with E-state index >= 15 is 0 Å². The van der Waals surface area contributed by atoms with Crippen LogP contribution in [-0.2, 0) is 52.8 Å². The Morgan fingerprint density at radius 3 is 0.750 bits per heavy atom. The summed E-state index contributed by atoms with van der Waals surface area (Å²) in [5.74, 6) is 1.12. The van der Waals surface area contributed by atoms with Gasteiger partial charge in [0, 0.05) is 0 Å². The van der Waals surface area contributed by atoms with Crippen molar-refractivity contribution in [3.05, 3.63) is 259 Å². The molecule has 0 spiro atoms. The van der Waals surface area contributed by atoms with Gasteiger partial charge in [0.2, 0.25) is 0 Å². The summed E-state index contributed by atoms with van der Waals surface area (Å²) in [5.41, 5.74) is 36.7. The molecule has 6 aliphatic rings. The molecule has 4 aliphatic carbocycles. The second-order valence-corrected chi connectivity index (χ2v) is 61.1. The van der Waals surface area contributed by atoms with Crippen molar-refractivity contribution in [2.75, 3.05) is 0 Å². The van der Waals surface area contributed by atoms with Crippen LogP contribution in [-0.4, -0.2) is 0 Å². The molecule has 2 aliphatic heterocycles. The Bertz CT molecular complexity index is 3750. The van der Waals surface area contributed by atoms with Gasteiger partial charge in [-0.05, 0) is 0 Å². The molecule has 2 saturated heterocycles. The van der Waals surface area contributed by atoms with E-state index in [2.05, 4.69) is 263 Å². The monoisotopic (exact) mass is 1630 g/mol. The predicted octanol–water partition coefficient (Wildman–Crippen LogP) is 13.8. The molecule has 4 atom stereocenters. The summed E-state index contributed by atoms with van der Waals surface area (Å²) in [6.07, 6.45) is 22.8. The molecule has 8 aromatic rings. The van der Waals surface area contributed by atoms with Crippen molar-refractivity contribution in [3.8, 4) is 44.5 Å². The van der Waals surface area contributed by atoms with E-state index in [4.69, 9.17) is 0 Å². The number of halogens is 4. The average molecular weight is 1630 g/mol. The minimum absolute atomic E-state index is 0. The van der Waals surface area contributed by atoms with Crippen molar-refractivity contribution in [3.63, 3.8) is 0 Å². The molecule has 92 heavy (non-hydrogen) atoms. The normalized spacial score (nSPS) is 19.6. The zero-order valence-electron chi connectivity index (χ0n) is 56.4. The zero-order chi connectivity index (χ0) is 60.8. The smallest absolute Gasteiger partial charge is 1.00 e. The molecule has 0 N–H and O–H groups in total. The van der Waals surface area contributed by atoms with Gasteiger partial charge in [-0.1, -0.05) is 0 Å². The van der Waals surface area contributed by atoms with Crippen molar-refractivity contribution < 1.29 is 89.6 Å². The second-order valence-electron chi connectivity index (χ2n) is 27.9. The van der Waals surface area contributed by atoms with E-state index < -0.39 is 39.9 Å². The van der Waals surface area contributed by atoms with Crippen LogP contribution in [0.15, 0.2) is 192 Å². The quantitative estimate of drug-likeness (QED) is 0.0751. The van der Waals surface area contributed by atoms with E-state index in [1.807, 2.05) is 0 Å². The first-order chi connectivity index (χ1) is 43.0. The Morgan fingerprint density at radius 1 is 0.315 bits per heavy atom. The van der Waals surface area contributed by atoms with Crippen LogP contribution in [0.5, 0.6) is 0 Å². The van der Waals surface area contributed by atoms with Crippen molar-refractivity contribution in [1.82, 2.24) is 0 Å². The molecule has 6 heteroatoms. The van der Waals surface area contributed by atoms with Crippen LogP contribution in [0.1, 0.15) is 214 Å². The molecule has 8 aromatic carbocycles. The maximum atomic E-state index is 2.65. The van der Waals surface area contributed by atoms with E-state index in [9.17, 15) is 0 Å². The first kappa shape index (κ1) is 71.9. The Morgan fingerprint density at radius 2 is 0.554 bits per heavy atom. The molecule has 0 amide bonds. The molecule has 0 nitrogen and oxygen atoms in total. The van der Waals surface area contributed by atoms with Gasteiger partial charge in [0.25, 0.3) is 0 Å². The van der Waals surface area contributed by atoms with E-state index in [-0.39, 0.29) is 49.6 Å². The fraction of sp³-hybridized carbons (Fsp3) is 0.349.